The number of cyclic esters (lactones) is 1. The molecule has 21 heavy (non-hydrogen) atoms. The fraction of sp³-hybridized carbons (Fsp3) is 0. The molecule has 0 spiro atoms. The number of fused-ring (bicyclic) bond motifs is 1. The van der Waals surface area contributed by atoms with Gasteiger partial charge in [0.15, 0.2) is 0 Å². The second kappa shape index (κ2) is 5.03. The molecule has 0 aromatic heterocycles. The van der Waals surface area contributed by atoms with Gasteiger partial charge in [0.05, 0.1) is 10.5 Å². The molecule has 1 heterocycles. The van der Waals surface area contributed by atoms with E-state index in [0.717, 1.165) is 0 Å². The fourth-order valence-electron chi connectivity index (χ4n) is 2.10. The molecule has 2 aromatic rings. The summed E-state index contributed by atoms with van der Waals surface area (Å²) in [5.41, 5.74) is 1.49. The van der Waals surface area contributed by atoms with Crippen LogP contribution in [0.15, 0.2) is 42.5 Å². The molecule has 0 bridgehead atoms. The largest absolute Gasteiger partial charge is 0.422 e. The van der Waals surface area contributed by atoms with Gasteiger partial charge in [0, 0.05) is 11.6 Å². The third-order valence-corrected chi connectivity index (χ3v) is 3.40. The summed E-state index contributed by atoms with van der Waals surface area (Å²) in [5.74, 6) is -0.0625. The average Bonchev–Trinajstić information content (AvgIpc) is 2.78. The molecule has 1 aliphatic heterocycles. The number of hydrogen-bond acceptors (Lipinski definition) is 4. The van der Waals surface area contributed by atoms with Crippen molar-refractivity contribution in [1.82, 2.24) is 0 Å². The lowest BCUT2D eigenvalue weighted by atomic mass is 10.1. The van der Waals surface area contributed by atoms with Crippen molar-refractivity contribution in [2.24, 2.45) is 0 Å². The molecule has 6 heteroatoms. The molecule has 3 rings (SSSR count). The highest BCUT2D eigenvalue weighted by Gasteiger charge is 2.25. The number of hydrogen-bond donors (Lipinski definition) is 0. The van der Waals surface area contributed by atoms with Crippen LogP contribution < -0.4 is 0 Å². The van der Waals surface area contributed by atoms with Crippen LogP contribution in [0.25, 0.3) is 11.8 Å². The maximum absolute atomic E-state index is 11.7. The molecule has 0 aliphatic carbocycles. The molecule has 0 saturated carbocycles. The Morgan fingerprint density at radius 2 is 1.86 bits per heavy atom. The highest BCUT2D eigenvalue weighted by Crippen LogP contribution is 2.32. The molecule has 2 aromatic carbocycles. The van der Waals surface area contributed by atoms with E-state index in [1.165, 1.54) is 12.1 Å². The lowest BCUT2D eigenvalue weighted by molar-refractivity contribution is -0.384. The van der Waals surface area contributed by atoms with Crippen molar-refractivity contribution in [3.63, 3.8) is 0 Å². The van der Waals surface area contributed by atoms with E-state index in [2.05, 4.69) is 0 Å². The molecule has 0 unspecified atom stereocenters. The average molecular weight is 302 g/mol. The maximum Gasteiger partial charge on any atom is 0.344 e. The zero-order chi connectivity index (χ0) is 15.0. The second-order valence-corrected chi connectivity index (χ2v) is 4.82. The van der Waals surface area contributed by atoms with Gasteiger partial charge < -0.3 is 4.74 Å². The molecule has 1 aliphatic rings. The first-order valence-electron chi connectivity index (χ1n) is 6.03. The van der Waals surface area contributed by atoms with Crippen molar-refractivity contribution in [1.29, 1.82) is 0 Å². The molecule has 104 valence electrons. The van der Waals surface area contributed by atoms with Crippen molar-refractivity contribution in [3.05, 3.63) is 74.3 Å². The van der Waals surface area contributed by atoms with Gasteiger partial charge in [0.25, 0.3) is 5.69 Å². The third-order valence-electron chi connectivity index (χ3n) is 3.08. The number of nitro groups is 1. The predicted octanol–water partition coefficient (Wildman–Crippen LogP) is 3.92. The lowest BCUT2D eigenvalue weighted by Crippen LogP contribution is -1.92. The van der Waals surface area contributed by atoms with Crippen molar-refractivity contribution in [3.8, 4) is 0 Å². The summed E-state index contributed by atoms with van der Waals surface area (Å²) in [6.45, 7) is 0. The Labute approximate surface area is 124 Å². The topological polar surface area (TPSA) is 69.4 Å². The zero-order valence-electron chi connectivity index (χ0n) is 10.6. The number of carbonyl (C=O) groups excluding carboxylic acids is 1. The SMILES string of the molecule is O=C1O/C(=C/c2ccc(Cl)c([N+](=O)[O-])c2)c2ccccc21. The van der Waals surface area contributed by atoms with Crippen LogP contribution in [0.1, 0.15) is 21.5 Å². The minimum Gasteiger partial charge on any atom is -0.422 e. The number of nitrogens with zero attached hydrogens (tertiary/aromatic N) is 1. The summed E-state index contributed by atoms with van der Waals surface area (Å²) >= 11 is 5.76. The quantitative estimate of drug-likeness (QED) is 0.479. The van der Waals surface area contributed by atoms with Gasteiger partial charge in [-0.05, 0) is 23.8 Å². The number of carbonyl (C=O) groups is 1. The van der Waals surface area contributed by atoms with E-state index in [4.69, 9.17) is 16.3 Å². The molecule has 0 N–H and O–H groups in total. The summed E-state index contributed by atoms with van der Waals surface area (Å²) < 4.78 is 5.19. The van der Waals surface area contributed by atoms with Crippen LogP contribution in [-0.4, -0.2) is 10.9 Å². The molecule has 0 fully saturated rings. The Morgan fingerprint density at radius 1 is 1.14 bits per heavy atom. The number of ether oxygens (including phenoxy) is 1. The molecule has 5 nitrogen and oxygen atoms in total. The van der Waals surface area contributed by atoms with Crippen LogP contribution in [0, 0.1) is 10.1 Å². The van der Waals surface area contributed by atoms with E-state index in [1.54, 1.807) is 36.4 Å². The highest BCUT2D eigenvalue weighted by molar-refractivity contribution is 6.32. The standard InChI is InChI=1S/C15H8ClNO4/c16-12-6-5-9(7-13(12)17(19)20)8-14-10-3-1-2-4-11(10)15(18)21-14/h1-8H/b14-8+. The van der Waals surface area contributed by atoms with E-state index in [-0.39, 0.29) is 10.7 Å². The summed E-state index contributed by atoms with van der Waals surface area (Å²) in [7, 11) is 0. The number of nitro benzene ring substituents is 1. The Hall–Kier alpha value is -2.66. The highest BCUT2D eigenvalue weighted by atomic mass is 35.5. The van der Waals surface area contributed by atoms with Gasteiger partial charge in [-0.1, -0.05) is 35.9 Å². The summed E-state index contributed by atoms with van der Waals surface area (Å²) in [5, 5.41) is 10.9. The molecule has 0 amide bonds. The van der Waals surface area contributed by atoms with E-state index in [1.807, 2.05) is 0 Å². The first-order chi connectivity index (χ1) is 10.1. The van der Waals surface area contributed by atoms with E-state index >= 15 is 0 Å². The number of benzene rings is 2. The Bertz CT molecular complexity index is 798. The Balaban J connectivity index is 2.06. The minimum absolute atomic E-state index is 0.0611. The Kier molecular flexibility index (Phi) is 3.19. The van der Waals surface area contributed by atoms with Crippen LogP contribution in [0.5, 0.6) is 0 Å². The molecule has 0 saturated heterocycles. The molecule has 0 radical (unpaired) electrons. The minimum atomic E-state index is -0.557. The van der Waals surface area contributed by atoms with Gasteiger partial charge in [-0.2, -0.15) is 0 Å². The third kappa shape index (κ3) is 2.39. The van der Waals surface area contributed by atoms with Gasteiger partial charge in [0.1, 0.15) is 10.8 Å². The van der Waals surface area contributed by atoms with Crippen LogP contribution in [0.2, 0.25) is 5.02 Å². The van der Waals surface area contributed by atoms with Crippen LogP contribution in [0.3, 0.4) is 0 Å². The van der Waals surface area contributed by atoms with Crippen LogP contribution >= 0.6 is 11.6 Å². The van der Waals surface area contributed by atoms with E-state index in [9.17, 15) is 14.9 Å². The van der Waals surface area contributed by atoms with Gasteiger partial charge in [-0.3, -0.25) is 10.1 Å². The van der Waals surface area contributed by atoms with Crippen LogP contribution in [-0.2, 0) is 4.74 Å². The normalized spacial score (nSPS) is 14.9. The fourth-order valence-corrected chi connectivity index (χ4v) is 2.29. The van der Waals surface area contributed by atoms with Crippen LogP contribution in [0.4, 0.5) is 5.69 Å². The smallest absolute Gasteiger partial charge is 0.344 e. The number of halogens is 1. The number of esters is 1. The van der Waals surface area contributed by atoms with Gasteiger partial charge in [0.2, 0.25) is 0 Å². The maximum atomic E-state index is 11.7. The van der Waals surface area contributed by atoms with Crippen molar-refractivity contribution < 1.29 is 14.5 Å². The first kappa shape index (κ1) is 13.3. The van der Waals surface area contributed by atoms with Gasteiger partial charge >= 0.3 is 5.97 Å². The molecular formula is C15H8ClNO4. The Morgan fingerprint density at radius 3 is 2.57 bits per heavy atom. The summed E-state index contributed by atoms with van der Waals surface area (Å²) in [4.78, 5) is 22.0. The second-order valence-electron chi connectivity index (χ2n) is 4.41. The number of rotatable bonds is 2. The van der Waals surface area contributed by atoms with Gasteiger partial charge in [-0.15, -0.1) is 0 Å². The lowest BCUT2D eigenvalue weighted by Gasteiger charge is -2.00. The molecular weight excluding hydrogens is 294 g/mol. The summed E-state index contributed by atoms with van der Waals surface area (Å²) in [6, 6.07) is 11.4. The van der Waals surface area contributed by atoms with Crippen molar-refractivity contribution in [2.45, 2.75) is 0 Å². The van der Waals surface area contributed by atoms with E-state index < -0.39 is 10.9 Å². The predicted molar refractivity (Wildman–Crippen MR) is 77.8 cm³/mol. The molecule has 0 atom stereocenters. The monoisotopic (exact) mass is 301 g/mol. The van der Waals surface area contributed by atoms with Gasteiger partial charge in [-0.25, -0.2) is 4.79 Å². The van der Waals surface area contributed by atoms with Crippen molar-refractivity contribution >= 4 is 35.1 Å². The van der Waals surface area contributed by atoms with Crippen molar-refractivity contribution in [2.75, 3.05) is 0 Å². The first-order valence-corrected chi connectivity index (χ1v) is 6.41. The zero-order valence-corrected chi connectivity index (χ0v) is 11.3. The van der Waals surface area contributed by atoms with E-state index in [0.29, 0.717) is 22.4 Å². The summed E-state index contributed by atoms with van der Waals surface area (Å²) in [6.07, 6.45) is 1.58.